The van der Waals surface area contributed by atoms with Crippen LogP contribution in [0.2, 0.25) is 5.02 Å². The standard InChI is InChI=1S/C8H8Cl2O2/c9-4-8(12)5-1-6(10)3-7(11)2-5/h1-3,8,11-12H,4H2. The van der Waals surface area contributed by atoms with Gasteiger partial charge in [-0.05, 0) is 23.8 Å². The molecule has 0 amide bonds. The first kappa shape index (κ1) is 9.65. The van der Waals surface area contributed by atoms with Crippen molar-refractivity contribution in [3.63, 3.8) is 0 Å². The van der Waals surface area contributed by atoms with Gasteiger partial charge in [-0.1, -0.05) is 11.6 Å². The molecule has 0 aromatic heterocycles. The summed E-state index contributed by atoms with van der Waals surface area (Å²) in [5, 5.41) is 18.8. The zero-order chi connectivity index (χ0) is 9.14. The van der Waals surface area contributed by atoms with Crippen molar-refractivity contribution >= 4 is 23.2 Å². The highest BCUT2D eigenvalue weighted by atomic mass is 35.5. The van der Waals surface area contributed by atoms with Gasteiger partial charge < -0.3 is 10.2 Å². The lowest BCUT2D eigenvalue weighted by Gasteiger charge is -2.07. The lowest BCUT2D eigenvalue weighted by Crippen LogP contribution is -1.97. The van der Waals surface area contributed by atoms with Crippen molar-refractivity contribution in [1.29, 1.82) is 0 Å². The largest absolute Gasteiger partial charge is 0.508 e. The zero-order valence-corrected chi connectivity index (χ0v) is 7.68. The van der Waals surface area contributed by atoms with Crippen LogP contribution in [-0.2, 0) is 0 Å². The van der Waals surface area contributed by atoms with E-state index in [0.717, 1.165) is 0 Å². The second-order valence-corrected chi connectivity index (χ2v) is 3.16. The highest BCUT2D eigenvalue weighted by molar-refractivity contribution is 6.30. The summed E-state index contributed by atoms with van der Waals surface area (Å²) in [5.74, 6) is 0.112. The number of halogens is 2. The van der Waals surface area contributed by atoms with Gasteiger partial charge in [0.25, 0.3) is 0 Å². The first-order valence-electron chi connectivity index (χ1n) is 3.37. The Balaban J connectivity index is 3.00. The second kappa shape index (κ2) is 3.99. The Hall–Kier alpha value is -0.440. The van der Waals surface area contributed by atoms with Crippen molar-refractivity contribution in [2.75, 3.05) is 5.88 Å². The van der Waals surface area contributed by atoms with Crippen molar-refractivity contribution in [1.82, 2.24) is 0 Å². The van der Waals surface area contributed by atoms with Crippen LogP contribution in [-0.4, -0.2) is 16.1 Å². The molecule has 0 spiro atoms. The minimum atomic E-state index is -0.781. The third-order valence-electron chi connectivity index (χ3n) is 1.44. The molecule has 0 fully saturated rings. The van der Waals surface area contributed by atoms with Crippen molar-refractivity contribution in [3.8, 4) is 5.75 Å². The van der Waals surface area contributed by atoms with Gasteiger partial charge in [0.05, 0.1) is 12.0 Å². The van der Waals surface area contributed by atoms with Crippen LogP contribution < -0.4 is 0 Å². The second-order valence-electron chi connectivity index (χ2n) is 2.41. The zero-order valence-electron chi connectivity index (χ0n) is 6.17. The van der Waals surface area contributed by atoms with E-state index in [9.17, 15) is 5.11 Å². The lowest BCUT2D eigenvalue weighted by atomic mass is 10.1. The Morgan fingerprint density at radius 2 is 2.00 bits per heavy atom. The molecule has 0 saturated heterocycles. The first-order valence-corrected chi connectivity index (χ1v) is 4.28. The smallest absolute Gasteiger partial charge is 0.117 e. The fraction of sp³-hybridized carbons (Fsp3) is 0.250. The van der Waals surface area contributed by atoms with Crippen LogP contribution in [0.1, 0.15) is 11.7 Å². The van der Waals surface area contributed by atoms with E-state index >= 15 is 0 Å². The molecule has 1 atom stereocenters. The van der Waals surface area contributed by atoms with Crippen molar-refractivity contribution < 1.29 is 10.2 Å². The summed E-state index contributed by atoms with van der Waals surface area (Å²) in [5.41, 5.74) is 0.523. The summed E-state index contributed by atoms with van der Waals surface area (Å²) >= 11 is 11.1. The lowest BCUT2D eigenvalue weighted by molar-refractivity contribution is 0.202. The fourth-order valence-electron chi connectivity index (χ4n) is 0.878. The molecular formula is C8H8Cl2O2. The maximum absolute atomic E-state index is 9.28. The first-order chi connectivity index (χ1) is 5.63. The molecule has 0 bridgehead atoms. The van der Waals surface area contributed by atoms with E-state index in [1.807, 2.05) is 0 Å². The molecule has 1 rings (SSSR count). The van der Waals surface area contributed by atoms with E-state index in [0.29, 0.717) is 10.6 Å². The maximum Gasteiger partial charge on any atom is 0.117 e. The summed E-state index contributed by atoms with van der Waals surface area (Å²) in [7, 11) is 0. The quantitative estimate of drug-likeness (QED) is 0.730. The van der Waals surface area contributed by atoms with Crippen LogP contribution in [0.4, 0.5) is 0 Å². The Morgan fingerprint density at radius 3 is 2.50 bits per heavy atom. The number of rotatable bonds is 2. The summed E-state index contributed by atoms with van der Waals surface area (Å²) in [6, 6.07) is 4.39. The number of alkyl halides is 1. The third-order valence-corrected chi connectivity index (χ3v) is 1.95. The number of aliphatic hydroxyl groups excluding tert-OH is 1. The van der Waals surface area contributed by atoms with E-state index < -0.39 is 6.10 Å². The summed E-state index contributed by atoms with van der Waals surface area (Å²) in [4.78, 5) is 0. The van der Waals surface area contributed by atoms with Crippen molar-refractivity contribution in [3.05, 3.63) is 28.8 Å². The number of aromatic hydroxyl groups is 1. The van der Waals surface area contributed by atoms with E-state index in [4.69, 9.17) is 28.3 Å². The summed E-state index contributed by atoms with van der Waals surface area (Å²) < 4.78 is 0. The molecule has 66 valence electrons. The normalized spacial score (nSPS) is 12.9. The highest BCUT2D eigenvalue weighted by Crippen LogP contribution is 2.24. The number of hydrogen-bond acceptors (Lipinski definition) is 2. The summed E-state index contributed by atoms with van der Waals surface area (Å²) in [6.45, 7) is 0. The molecule has 0 radical (unpaired) electrons. The van der Waals surface area contributed by atoms with Crippen LogP contribution >= 0.6 is 23.2 Å². The third kappa shape index (κ3) is 2.27. The average Bonchev–Trinajstić information content (AvgIpc) is 2.01. The minimum Gasteiger partial charge on any atom is -0.508 e. The van der Waals surface area contributed by atoms with Gasteiger partial charge in [-0.2, -0.15) is 0 Å². The molecule has 0 aliphatic carbocycles. The number of aliphatic hydroxyl groups is 1. The van der Waals surface area contributed by atoms with E-state index in [1.54, 1.807) is 6.07 Å². The predicted molar refractivity (Wildman–Crippen MR) is 48.8 cm³/mol. The molecule has 1 unspecified atom stereocenters. The molecule has 0 aliphatic rings. The molecular weight excluding hydrogens is 199 g/mol. The Morgan fingerprint density at radius 1 is 1.33 bits per heavy atom. The van der Waals surface area contributed by atoms with Crippen LogP contribution in [0.3, 0.4) is 0 Å². The van der Waals surface area contributed by atoms with Gasteiger partial charge in [0, 0.05) is 5.02 Å². The average molecular weight is 207 g/mol. The minimum absolute atomic E-state index is 0.0293. The molecule has 2 nitrogen and oxygen atoms in total. The van der Waals surface area contributed by atoms with Gasteiger partial charge in [0.15, 0.2) is 0 Å². The van der Waals surface area contributed by atoms with Gasteiger partial charge in [-0.3, -0.25) is 0 Å². The van der Waals surface area contributed by atoms with Crippen LogP contribution in [0.25, 0.3) is 0 Å². The van der Waals surface area contributed by atoms with Gasteiger partial charge in [-0.25, -0.2) is 0 Å². The van der Waals surface area contributed by atoms with Crippen molar-refractivity contribution in [2.45, 2.75) is 6.10 Å². The number of benzene rings is 1. The fourth-order valence-corrected chi connectivity index (χ4v) is 1.29. The Kier molecular flexibility index (Phi) is 3.20. The number of phenolic OH excluding ortho intramolecular Hbond substituents is 1. The molecule has 4 heteroatoms. The van der Waals surface area contributed by atoms with E-state index in [2.05, 4.69) is 0 Å². The maximum atomic E-state index is 9.28. The monoisotopic (exact) mass is 206 g/mol. The van der Waals surface area contributed by atoms with Crippen molar-refractivity contribution in [2.24, 2.45) is 0 Å². The van der Waals surface area contributed by atoms with Gasteiger partial charge in [0.2, 0.25) is 0 Å². The molecule has 2 N–H and O–H groups in total. The SMILES string of the molecule is Oc1cc(Cl)cc(C(O)CCl)c1. The number of hydrogen-bond donors (Lipinski definition) is 2. The molecule has 1 aromatic carbocycles. The van der Waals surface area contributed by atoms with Crippen LogP contribution in [0, 0.1) is 0 Å². The molecule has 0 saturated carbocycles. The Bertz CT molecular complexity index is 256. The highest BCUT2D eigenvalue weighted by Gasteiger charge is 2.07. The van der Waals surface area contributed by atoms with Gasteiger partial charge in [0.1, 0.15) is 5.75 Å². The topological polar surface area (TPSA) is 40.5 Å². The summed E-state index contributed by atoms with van der Waals surface area (Å²) in [6.07, 6.45) is -0.781. The van der Waals surface area contributed by atoms with E-state index in [1.165, 1.54) is 12.1 Å². The van der Waals surface area contributed by atoms with Crippen LogP contribution in [0.5, 0.6) is 5.75 Å². The molecule has 0 heterocycles. The van der Waals surface area contributed by atoms with Gasteiger partial charge >= 0.3 is 0 Å². The molecule has 0 aliphatic heterocycles. The van der Waals surface area contributed by atoms with E-state index in [-0.39, 0.29) is 11.6 Å². The molecule has 1 aromatic rings. The van der Waals surface area contributed by atoms with Crippen LogP contribution in [0.15, 0.2) is 18.2 Å². The molecule has 12 heavy (non-hydrogen) atoms. The van der Waals surface area contributed by atoms with Gasteiger partial charge in [-0.15, -0.1) is 11.6 Å². The number of phenols is 1. The predicted octanol–water partition coefficient (Wildman–Crippen LogP) is 2.32. The Labute approximate surface area is 80.4 Å².